The zero-order valence-corrected chi connectivity index (χ0v) is 22.2. The normalized spacial score (nSPS) is 18.6. The monoisotopic (exact) mass is 581 g/mol. The Morgan fingerprint density at radius 2 is 1.79 bits per heavy atom. The van der Waals surface area contributed by atoms with E-state index < -0.39 is 38.3 Å². The molecule has 1 fully saturated rings. The van der Waals surface area contributed by atoms with E-state index in [4.69, 9.17) is 0 Å². The molecule has 1 aliphatic rings. The fourth-order valence-corrected chi connectivity index (χ4v) is 6.75. The number of aromatic nitrogens is 3. The molecule has 202 valence electrons. The van der Waals surface area contributed by atoms with Crippen LogP contribution in [0.1, 0.15) is 25.0 Å². The molecule has 9 nitrogen and oxygen atoms in total. The third-order valence-corrected chi connectivity index (χ3v) is 9.30. The second kappa shape index (κ2) is 12.3. The zero-order chi connectivity index (χ0) is 27.3. The number of fused-ring (bicyclic) bond motifs is 1. The van der Waals surface area contributed by atoms with Crippen LogP contribution in [-0.2, 0) is 31.9 Å². The van der Waals surface area contributed by atoms with Crippen molar-refractivity contribution in [2.24, 2.45) is 0 Å². The first kappa shape index (κ1) is 28.1. The van der Waals surface area contributed by atoms with Gasteiger partial charge in [0.2, 0.25) is 10.0 Å². The van der Waals surface area contributed by atoms with Crippen LogP contribution in [0.2, 0.25) is 0 Å². The van der Waals surface area contributed by atoms with Gasteiger partial charge in [0.1, 0.15) is 10.5 Å². The molecule has 4 heterocycles. The van der Waals surface area contributed by atoms with Gasteiger partial charge in [0.05, 0.1) is 11.4 Å². The molecule has 1 aromatic carbocycles. The largest absolute Gasteiger partial charge is 0.768 e. The van der Waals surface area contributed by atoms with Crippen LogP contribution in [-0.4, -0.2) is 53.9 Å². The van der Waals surface area contributed by atoms with E-state index >= 15 is 0 Å². The van der Waals surface area contributed by atoms with Gasteiger partial charge in [0.15, 0.2) is 0 Å². The second-order valence-electron chi connectivity index (χ2n) is 8.32. The second-order valence-corrected chi connectivity index (χ2v) is 12.7. The van der Waals surface area contributed by atoms with Crippen LogP contribution in [0.5, 0.6) is 0 Å². The predicted octanol–water partition coefficient (Wildman–Crippen LogP) is 3.68. The fourth-order valence-electron chi connectivity index (χ4n) is 3.82. The highest BCUT2D eigenvalue weighted by atomic mass is 32.2. The number of sulfonamides is 1. The van der Waals surface area contributed by atoms with Gasteiger partial charge in [-0.15, -0.1) is 0 Å². The number of hydrogen-bond acceptors (Lipinski definition) is 7. The lowest BCUT2D eigenvalue weighted by Gasteiger charge is -2.22. The molecule has 38 heavy (non-hydrogen) atoms. The summed E-state index contributed by atoms with van der Waals surface area (Å²) in [5.74, 6) is 0.972. The van der Waals surface area contributed by atoms with Crippen molar-refractivity contribution in [3.8, 4) is 11.3 Å². The highest BCUT2D eigenvalue weighted by Crippen LogP contribution is 2.30. The predicted molar refractivity (Wildman–Crippen MR) is 139 cm³/mol. The summed E-state index contributed by atoms with van der Waals surface area (Å²) in [6, 6.07) is 13.9. The van der Waals surface area contributed by atoms with Gasteiger partial charge < -0.3 is 9.54 Å². The lowest BCUT2D eigenvalue weighted by molar-refractivity contribution is 0.147. The van der Waals surface area contributed by atoms with Crippen LogP contribution >= 0.6 is 0 Å². The van der Waals surface area contributed by atoms with Gasteiger partial charge in [-0.25, -0.2) is 26.9 Å². The van der Waals surface area contributed by atoms with Crippen molar-refractivity contribution in [3.05, 3.63) is 72.7 Å². The first-order valence-electron chi connectivity index (χ1n) is 11.4. The lowest BCUT2D eigenvalue weighted by Crippen LogP contribution is -2.39. The summed E-state index contributed by atoms with van der Waals surface area (Å²) in [5, 5.41) is 0.485. The van der Waals surface area contributed by atoms with Gasteiger partial charge in [-0.05, 0) is 60.3 Å². The first-order chi connectivity index (χ1) is 18.1. The summed E-state index contributed by atoms with van der Waals surface area (Å²) < 4.78 is 85.6. The molecule has 3 aromatic heterocycles. The minimum absolute atomic E-state index is 0.0144. The minimum Gasteiger partial charge on any atom is -0.768 e. The Morgan fingerprint density at radius 3 is 2.37 bits per heavy atom. The average Bonchev–Trinajstić information content (AvgIpc) is 3.36. The summed E-state index contributed by atoms with van der Waals surface area (Å²) in [5.41, 5.74) is 1.10. The Morgan fingerprint density at radius 1 is 1.08 bits per heavy atom. The topological polar surface area (TPSA) is 145 Å². The number of nitrogens with zero attached hydrogens (tertiary/aromatic N) is 2. The van der Waals surface area contributed by atoms with E-state index in [1.165, 1.54) is 30.6 Å². The molecule has 1 atom stereocenters. The van der Waals surface area contributed by atoms with E-state index in [0.29, 0.717) is 51.5 Å². The van der Waals surface area contributed by atoms with Gasteiger partial charge in [0.25, 0.3) is 6.43 Å². The summed E-state index contributed by atoms with van der Waals surface area (Å²) in [7, 11) is -4.63. The summed E-state index contributed by atoms with van der Waals surface area (Å²) >= 11 is -2.08. The number of nitrogens with one attached hydrogen (secondary N) is 2. The van der Waals surface area contributed by atoms with E-state index in [1.807, 2.05) is 0 Å². The molecule has 14 heteroatoms. The van der Waals surface area contributed by atoms with Crippen LogP contribution in [0, 0.1) is 0 Å². The number of benzene rings is 1. The molecule has 1 aliphatic heterocycles. The quantitative estimate of drug-likeness (QED) is 0.331. The lowest BCUT2D eigenvalue weighted by atomic mass is 10.1. The zero-order valence-electron chi connectivity index (χ0n) is 19.8. The van der Waals surface area contributed by atoms with Gasteiger partial charge >= 0.3 is 0 Å². The van der Waals surface area contributed by atoms with Gasteiger partial charge in [0, 0.05) is 56.6 Å². The van der Waals surface area contributed by atoms with Gasteiger partial charge in [-0.3, -0.25) is 13.4 Å². The van der Waals surface area contributed by atoms with Gasteiger partial charge in [-0.2, -0.15) is 0 Å². The molecule has 0 spiro atoms. The van der Waals surface area contributed by atoms with Crippen molar-refractivity contribution in [1.82, 2.24) is 19.7 Å². The Hall–Kier alpha value is -2.91. The Balaban J connectivity index is 0.000000317. The minimum atomic E-state index is -3.76. The average molecular weight is 582 g/mol. The molecule has 2 N–H and O–H groups in total. The smallest absolute Gasteiger partial charge is 0.278 e. The highest BCUT2D eigenvalue weighted by molar-refractivity contribution is 7.89. The number of rotatable bonds is 6. The maximum absolute atomic E-state index is 13.0. The summed E-state index contributed by atoms with van der Waals surface area (Å²) in [6.07, 6.45) is 1.13. The van der Waals surface area contributed by atoms with E-state index in [2.05, 4.69) is 19.7 Å². The maximum atomic E-state index is 13.0. The van der Waals surface area contributed by atoms with Crippen LogP contribution in [0.4, 0.5) is 8.78 Å². The molecule has 1 unspecified atom stereocenters. The maximum Gasteiger partial charge on any atom is 0.278 e. The third-order valence-electron chi connectivity index (χ3n) is 5.76. The van der Waals surface area contributed by atoms with Crippen LogP contribution < -0.4 is 4.72 Å². The number of pyridine rings is 2. The van der Waals surface area contributed by atoms with Gasteiger partial charge in [-0.1, -0.05) is 18.2 Å². The summed E-state index contributed by atoms with van der Waals surface area (Å²) in [4.78, 5) is 11.2. The van der Waals surface area contributed by atoms with Crippen LogP contribution in [0.25, 0.3) is 22.3 Å². The SMILES string of the molecule is O=S([O-])c1ccccc1.O=S1CCC(NS(=O)(=O)c2ccc(-c3ccnc4[nH]c(C(F)F)cc34)nc2)CC1. The molecule has 0 radical (unpaired) electrons. The number of halogens is 2. The molecule has 0 saturated carbocycles. The molecule has 5 rings (SSSR count). The molecule has 0 aliphatic carbocycles. The van der Waals surface area contributed by atoms with Crippen molar-refractivity contribution in [2.45, 2.75) is 35.1 Å². The highest BCUT2D eigenvalue weighted by Gasteiger charge is 2.24. The van der Waals surface area contributed by atoms with Crippen molar-refractivity contribution in [1.29, 1.82) is 0 Å². The summed E-state index contributed by atoms with van der Waals surface area (Å²) in [6.45, 7) is 0. The number of H-pyrrole nitrogens is 1. The van der Waals surface area contributed by atoms with Crippen molar-refractivity contribution in [2.75, 3.05) is 11.5 Å². The molecular formula is C24H23F2N4O5S3-. The number of aromatic amines is 1. The van der Waals surface area contributed by atoms with Crippen molar-refractivity contribution < 1.29 is 30.2 Å². The Kier molecular flexibility index (Phi) is 9.10. The van der Waals surface area contributed by atoms with E-state index in [0.717, 1.165) is 0 Å². The standard InChI is InChI=1S/C18H18F2N4O3S2.C6H6O2S/c19-17(20)16-9-14-13(3-6-21-18(14)23-16)15-2-1-12(10-22-15)29(26,27)24-11-4-7-28(25)8-5-11;7-9(8)6-4-2-1-3-5-6/h1-3,6,9-11,17,24H,4-5,7-8H2,(H,21,23);1-5H,(H,7,8)/p-1. The first-order valence-corrected chi connectivity index (χ1v) is 15.4. The molecule has 1 saturated heterocycles. The van der Waals surface area contributed by atoms with E-state index in [9.17, 15) is 30.2 Å². The molecule has 0 amide bonds. The van der Waals surface area contributed by atoms with Crippen molar-refractivity contribution >= 4 is 42.9 Å². The molecule has 4 aromatic rings. The van der Waals surface area contributed by atoms with Crippen LogP contribution in [0.3, 0.4) is 0 Å². The number of alkyl halides is 2. The number of hydrogen-bond donors (Lipinski definition) is 2. The Labute approximate surface area is 222 Å². The molecular weight excluding hydrogens is 558 g/mol. The third kappa shape index (κ3) is 6.94. The molecule has 0 bridgehead atoms. The van der Waals surface area contributed by atoms with Crippen molar-refractivity contribution in [3.63, 3.8) is 0 Å². The van der Waals surface area contributed by atoms with E-state index in [1.54, 1.807) is 36.4 Å². The van der Waals surface area contributed by atoms with E-state index in [-0.39, 0.29) is 16.6 Å². The Bertz CT molecular complexity index is 1540. The fraction of sp³-hybridized carbons (Fsp3) is 0.250. The van der Waals surface area contributed by atoms with Crippen LogP contribution in [0.15, 0.2) is 76.8 Å².